The van der Waals surface area contributed by atoms with Crippen LogP contribution < -0.4 is 0 Å². The molecule has 0 amide bonds. The number of furan rings is 1. The van der Waals surface area contributed by atoms with E-state index in [1.807, 2.05) is 13.0 Å². The van der Waals surface area contributed by atoms with Crippen LogP contribution in [0.1, 0.15) is 11.5 Å². The molecule has 0 atom stereocenters. The zero-order valence-corrected chi connectivity index (χ0v) is 7.15. The summed E-state index contributed by atoms with van der Waals surface area (Å²) in [6.07, 6.45) is 1.29. The Balaban J connectivity index is 2.45. The largest absolute Gasteiger partial charge is 0.458 e. The number of hydrogen-bond acceptors (Lipinski definition) is 4. The number of aromatic nitrogens is 1. The van der Waals surface area contributed by atoms with Crippen molar-refractivity contribution < 1.29 is 13.9 Å². The Labute approximate surface area is 74.8 Å². The molecule has 0 radical (unpaired) electrons. The van der Waals surface area contributed by atoms with Crippen LogP contribution in [0.2, 0.25) is 0 Å². The number of aliphatic hydroxyl groups is 1. The highest BCUT2D eigenvalue weighted by Crippen LogP contribution is 2.24. The van der Waals surface area contributed by atoms with E-state index < -0.39 is 0 Å². The Kier molecular flexibility index (Phi) is 1.90. The zero-order chi connectivity index (χ0) is 9.26. The van der Waals surface area contributed by atoms with Crippen molar-refractivity contribution in [3.63, 3.8) is 0 Å². The molecule has 2 aromatic heterocycles. The molecule has 0 saturated heterocycles. The summed E-state index contributed by atoms with van der Waals surface area (Å²) in [5.41, 5.74) is 0.495. The van der Waals surface area contributed by atoms with Gasteiger partial charge in [-0.05, 0) is 19.1 Å². The van der Waals surface area contributed by atoms with E-state index in [4.69, 9.17) is 13.9 Å². The Hall–Kier alpha value is -1.55. The summed E-state index contributed by atoms with van der Waals surface area (Å²) in [4.78, 5) is 3.84. The van der Waals surface area contributed by atoms with Gasteiger partial charge < -0.3 is 13.9 Å². The van der Waals surface area contributed by atoms with E-state index in [0.29, 0.717) is 17.2 Å². The molecular weight excluding hydrogens is 170 g/mol. The van der Waals surface area contributed by atoms with Crippen LogP contribution in [0.3, 0.4) is 0 Å². The number of hydrogen-bond donors (Lipinski definition) is 1. The summed E-state index contributed by atoms with van der Waals surface area (Å²) in [6, 6.07) is 3.62. The molecule has 1 N–H and O–H groups in total. The van der Waals surface area contributed by atoms with Gasteiger partial charge in [0.2, 0.25) is 0 Å². The summed E-state index contributed by atoms with van der Waals surface area (Å²) in [7, 11) is 0. The lowest BCUT2D eigenvalue weighted by atomic mass is 10.3. The van der Waals surface area contributed by atoms with E-state index in [9.17, 15) is 0 Å². The molecule has 0 aromatic carbocycles. The molecule has 0 saturated carbocycles. The van der Waals surface area contributed by atoms with Crippen molar-refractivity contribution in [2.24, 2.45) is 0 Å². The maximum atomic E-state index is 8.91. The Morgan fingerprint density at radius 2 is 2.31 bits per heavy atom. The van der Waals surface area contributed by atoms with Crippen LogP contribution in [0.5, 0.6) is 0 Å². The molecule has 13 heavy (non-hydrogen) atoms. The summed E-state index contributed by atoms with van der Waals surface area (Å²) in [6.45, 7) is 1.70. The topological polar surface area (TPSA) is 59.4 Å². The highest BCUT2D eigenvalue weighted by Gasteiger charge is 2.12. The van der Waals surface area contributed by atoms with Gasteiger partial charge in [-0.15, -0.1) is 0 Å². The predicted molar refractivity (Wildman–Crippen MR) is 44.9 cm³/mol. The first kappa shape index (κ1) is 8.07. The number of oxazole rings is 1. The van der Waals surface area contributed by atoms with Crippen molar-refractivity contribution in [3.05, 3.63) is 30.0 Å². The first-order valence-corrected chi connectivity index (χ1v) is 3.91. The van der Waals surface area contributed by atoms with Crippen LogP contribution in [0.4, 0.5) is 0 Å². The molecule has 0 aliphatic rings. The van der Waals surface area contributed by atoms with Crippen LogP contribution in [-0.2, 0) is 6.61 Å². The lowest BCUT2D eigenvalue weighted by molar-refractivity contribution is 0.277. The first-order valence-electron chi connectivity index (χ1n) is 3.91. The van der Waals surface area contributed by atoms with E-state index in [0.717, 1.165) is 5.76 Å². The molecule has 2 heterocycles. The molecule has 4 nitrogen and oxygen atoms in total. The predicted octanol–water partition coefficient (Wildman–Crippen LogP) is 1.74. The summed E-state index contributed by atoms with van der Waals surface area (Å²) in [5, 5.41) is 8.91. The highest BCUT2D eigenvalue weighted by molar-refractivity contribution is 5.52. The molecular formula is C9H9NO3. The number of aliphatic hydroxyl groups excluding tert-OH is 1. The molecule has 0 bridgehead atoms. The number of rotatable bonds is 2. The smallest absolute Gasteiger partial charge is 0.195 e. The lowest BCUT2D eigenvalue weighted by Crippen LogP contribution is -1.84. The van der Waals surface area contributed by atoms with Gasteiger partial charge in [0.1, 0.15) is 11.5 Å². The fourth-order valence-corrected chi connectivity index (χ4v) is 1.14. The SMILES string of the molecule is Cc1ccc(-c2ocnc2CO)o1. The first-order chi connectivity index (χ1) is 6.31. The molecule has 0 aliphatic carbocycles. The quantitative estimate of drug-likeness (QED) is 0.762. The van der Waals surface area contributed by atoms with E-state index in [1.165, 1.54) is 6.39 Å². The maximum absolute atomic E-state index is 8.91. The Morgan fingerprint density at radius 1 is 1.46 bits per heavy atom. The van der Waals surface area contributed by atoms with Gasteiger partial charge in [0, 0.05) is 0 Å². The molecule has 4 heteroatoms. The van der Waals surface area contributed by atoms with E-state index in [1.54, 1.807) is 6.07 Å². The van der Waals surface area contributed by atoms with Crippen LogP contribution in [0, 0.1) is 6.92 Å². The second-order valence-corrected chi connectivity index (χ2v) is 2.70. The standard InChI is InChI=1S/C9H9NO3/c1-6-2-3-8(13-6)9-7(4-11)10-5-12-9/h2-3,5,11H,4H2,1H3. The van der Waals surface area contributed by atoms with Gasteiger partial charge in [-0.25, -0.2) is 4.98 Å². The van der Waals surface area contributed by atoms with Crippen molar-refractivity contribution in [1.29, 1.82) is 0 Å². The van der Waals surface area contributed by atoms with E-state index in [2.05, 4.69) is 4.98 Å². The van der Waals surface area contributed by atoms with Gasteiger partial charge in [-0.3, -0.25) is 0 Å². The van der Waals surface area contributed by atoms with Crippen molar-refractivity contribution in [2.45, 2.75) is 13.5 Å². The maximum Gasteiger partial charge on any atom is 0.195 e. The second-order valence-electron chi connectivity index (χ2n) is 2.70. The van der Waals surface area contributed by atoms with Gasteiger partial charge in [-0.2, -0.15) is 0 Å². The Bertz CT molecular complexity index is 402. The third kappa shape index (κ3) is 1.36. The van der Waals surface area contributed by atoms with Crippen molar-refractivity contribution >= 4 is 0 Å². The highest BCUT2D eigenvalue weighted by atomic mass is 16.4. The average Bonchev–Trinajstić information content (AvgIpc) is 2.71. The lowest BCUT2D eigenvalue weighted by Gasteiger charge is -1.92. The summed E-state index contributed by atoms with van der Waals surface area (Å²) < 4.78 is 10.4. The summed E-state index contributed by atoms with van der Waals surface area (Å²) in [5.74, 6) is 1.89. The Morgan fingerprint density at radius 3 is 2.92 bits per heavy atom. The van der Waals surface area contributed by atoms with Crippen LogP contribution in [-0.4, -0.2) is 10.1 Å². The number of aryl methyl sites for hydroxylation is 1. The van der Waals surface area contributed by atoms with Crippen molar-refractivity contribution in [3.8, 4) is 11.5 Å². The molecule has 68 valence electrons. The minimum atomic E-state index is -0.147. The molecule has 0 unspecified atom stereocenters. The second kappa shape index (κ2) is 3.06. The van der Waals surface area contributed by atoms with E-state index >= 15 is 0 Å². The molecule has 0 fully saturated rings. The summed E-state index contributed by atoms with van der Waals surface area (Å²) >= 11 is 0. The van der Waals surface area contributed by atoms with Gasteiger partial charge >= 0.3 is 0 Å². The van der Waals surface area contributed by atoms with Crippen LogP contribution in [0.25, 0.3) is 11.5 Å². The number of nitrogens with zero attached hydrogens (tertiary/aromatic N) is 1. The average molecular weight is 179 g/mol. The van der Waals surface area contributed by atoms with E-state index in [-0.39, 0.29) is 6.61 Å². The molecule has 2 rings (SSSR count). The third-order valence-electron chi connectivity index (χ3n) is 1.76. The van der Waals surface area contributed by atoms with Gasteiger partial charge in [0.15, 0.2) is 17.9 Å². The van der Waals surface area contributed by atoms with Crippen LogP contribution in [0.15, 0.2) is 27.4 Å². The van der Waals surface area contributed by atoms with Gasteiger partial charge in [0.25, 0.3) is 0 Å². The van der Waals surface area contributed by atoms with Crippen LogP contribution >= 0.6 is 0 Å². The third-order valence-corrected chi connectivity index (χ3v) is 1.76. The monoisotopic (exact) mass is 179 g/mol. The normalized spacial score (nSPS) is 10.6. The molecule has 0 spiro atoms. The van der Waals surface area contributed by atoms with Crippen molar-refractivity contribution in [2.75, 3.05) is 0 Å². The fraction of sp³-hybridized carbons (Fsp3) is 0.222. The van der Waals surface area contributed by atoms with Gasteiger partial charge in [-0.1, -0.05) is 0 Å². The zero-order valence-electron chi connectivity index (χ0n) is 7.15. The van der Waals surface area contributed by atoms with Gasteiger partial charge in [0.05, 0.1) is 6.61 Å². The molecule has 2 aromatic rings. The fourth-order valence-electron chi connectivity index (χ4n) is 1.14. The minimum Gasteiger partial charge on any atom is -0.458 e. The molecule has 0 aliphatic heterocycles. The van der Waals surface area contributed by atoms with Crippen molar-refractivity contribution in [1.82, 2.24) is 4.98 Å². The minimum absolute atomic E-state index is 0.147.